The summed E-state index contributed by atoms with van der Waals surface area (Å²) < 4.78 is 0. The third-order valence-electron chi connectivity index (χ3n) is 7.37. The molecule has 25 nitrogen and oxygen atoms in total. The van der Waals surface area contributed by atoms with Crippen LogP contribution in [0.25, 0.3) is 10.4 Å². The number of rotatable bonds is 29. The number of aliphatic imine (C=N–C) groups is 3. The van der Waals surface area contributed by atoms with Gasteiger partial charge >= 0.3 is 5.97 Å². The van der Waals surface area contributed by atoms with Crippen LogP contribution in [0.2, 0.25) is 0 Å². The first-order valence-electron chi connectivity index (χ1n) is 17.3. The van der Waals surface area contributed by atoms with E-state index in [0.29, 0.717) is 19.4 Å². The van der Waals surface area contributed by atoms with Crippen LogP contribution in [0.5, 0.6) is 0 Å². The molecule has 0 bridgehead atoms. The molecule has 0 unspecified atom stereocenters. The van der Waals surface area contributed by atoms with Gasteiger partial charge in [-0.3, -0.25) is 44.4 Å². The quantitative estimate of drug-likeness (QED) is 0.00497. The molecule has 0 saturated carbocycles. The maximum atomic E-state index is 13.8. The number of carbonyl (C=O) groups excluding carboxylic acids is 5. The fourth-order valence-corrected chi connectivity index (χ4v) is 4.99. The van der Waals surface area contributed by atoms with Gasteiger partial charge in [-0.25, -0.2) is 4.79 Å². The van der Waals surface area contributed by atoms with Gasteiger partial charge in [0.2, 0.25) is 29.5 Å². The van der Waals surface area contributed by atoms with Crippen molar-refractivity contribution in [2.24, 2.45) is 54.6 Å². The molecule has 0 aromatic rings. The Hall–Kier alpha value is -5.91. The fourth-order valence-electron chi connectivity index (χ4n) is 4.74. The predicted octanol–water partition coefficient (Wildman–Crippen LogP) is -4.41. The van der Waals surface area contributed by atoms with E-state index in [4.69, 9.17) is 39.9 Å². The Bertz CT molecular complexity index is 1400. The number of amides is 5. The van der Waals surface area contributed by atoms with Crippen LogP contribution in [0, 0.1) is 0 Å². The Labute approximate surface area is 323 Å². The molecule has 0 fully saturated rings. The van der Waals surface area contributed by atoms with Crippen LogP contribution < -0.4 is 66.4 Å². The van der Waals surface area contributed by atoms with Crippen molar-refractivity contribution in [3.8, 4) is 0 Å². The number of azide groups is 1. The van der Waals surface area contributed by atoms with Gasteiger partial charge in [0.25, 0.3) is 0 Å². The maximum absolute atomic E-state index is 13.8. The van der Waals surface area contributed by atoms with E-state index in [0.717, 1.165) is 0 Å². The van der Waals surface area contributed by atoms with Crippen molar-refractivity contribution in [1.29, 1.82) is 0 Å². The second kappa shape index (κ2) is 28.6. The van der Waals surface area contributed by atoms with Gasteiger partial charge in [0.05, 0.1) is 6.54 Å². The summed E-state index contributed by atoms with van der Waals surface area (Å²) in [6.45, 7) is 1.79. The van der Waals surface area contributed by atoms with Gasteiger partial charge in [0, 0.05) is 32.3 Å². The second-order valence-electron chi connectivity index (χ2n) is 12.0. The molecule has 55 heavy (non-hydrogen) atoms. The summed E-state index contributed by atoms with van der Waals surface area (Å²) in [7, 11) is 0. The Morgan fingerprint density at radius 2 is 0.945 bits per heavy atom. The number of carboxylic acids is 1. The summed E-state index contributed by atoms with van der Waals surface area (Å²) in [6, 6.07) is -6.29. The summed E-state index contributed by atoms with van der Waals surface area (Å²) >= 11 is 3.96. The average molecular weight is 801 g/mol. The number of nitrogens with zero attached hydrogens (tertiary/aromatic N) is 6. The molecule has 0 aliphatic heterocycles. The van der Waals surface area contributed by atoms with Crippen LogP contribution in [0.4, 0.5) is 0 Å². The van der Waals surface area contributed by atoms with Gasteiger partial charge in [-0.1, -0.05) is 0 Å². The first-order chi connectivity index (χ1) is 26.0. The molecule has 0 heterocycles. The van der Waals surface area contributed by atoms with Crippen molar-refractivity contribution in [3.05, 3.63) is 10.4 Å². The van der Waals surface area contributed by atoms with Gasteiger partial charge in [-0.15, -0.1) is 5.53 Å². The van der Waals surface area contributed by atoms with Gasteiger partial charge in [0.15, 0.2) is 17.9 Å². The molecule has 5 atom stereocenters. The molecule has 0 saturated heterocycles. The monoisotopic (exact) mass is 800 g/mol. The lowest BCUT2D eigenvalue weighted by Gasteiger charge is -2.27. The van der Waals surface area contributed by atoms with Crippen molar-refractivity contribution in [3.63, 3.8) is 0 Å². The van der Waals surface area contributed by atoms with E-state index in [1.807, 2.05) is 0 Å². The molecular weight excluding hydrogens is 745 g/mol. The van der Waals surface area contributed by atoms with Gasteiger partial charge in [-0.2, -0.15) is 17.5 Å². The van der Waals surface area contributed by atoms with Gasteiger partial charge < -0.3 is 66.1 Å². The van der Waals surface area contributed by atoms with E-state index in [9.17, 15) is 33.9 Å². The smallest absolute Gasteiger partial charge is 0.327 e. The van der Waals surface area contributed by atoms with E-state index >= 15 is 0 Å². The highest BCUT2D eigenvalue weighted by molar-refractivity contribution is 7.80. The number of aliphatic carboxylic acids is 1. The molecule has 26 heteroatoms. The summed E-state index contributed by atoms with van der Waals surface area (Å²) in [5.41, 5.74) is 43.3. The van der Waals surface area contributed by atoms with E-state index in [2.05, 4.69) is 69.8 Å². The Morgan fingerprint density at radius 3 is 1.25 bits per heavy atom. The lowest BCUT2D eigenvalue weighted by atomic mass is 10.0. The number of carbonyl (C=O) groups is 6. The number of guanidine groups is 3. The van der Waals surface area contributed by atoms with E-state index < -0.39 is 65.7 Å². The van der Waals surface area contributed by atoms with Crippen molar-refractivity contribution >= 4 is 66.0 Å². The minimum Gasteiger partial charge on any atom is -0.480 e. The van der Waals surface area contributed by atoms with Crippen molar-refractivity contribution in [2.75, 3.05) is 31.9 Å². The Kier molecular flexibility index (Phi) is 25.5. The molecule has 0 radical (unpaired) electrons. The second-order valence-corrected chi connectivity index (χ2v) is 12.3. The third kappa shape index (κ3) is 24.1. The molecule has 0 aromatic heterocycles. The van der Waals surface area contributed by atoms with Crippen molar-refractivity contribution < 1.29 is 33.9 Å². The van der Waals surface area contributed by atoms with Crippen LogP contribution in [0.15, 0.2) is 20.2 Å². The average Bonchev–Trinajstić information content (AvgIpc) is 3.10. The fraction of sp³-hybridized carbons (Fsp3) is 0.690. The zero-order valence-corrected chi connectivity index (χ0v) is 31.7. The lowest BCUT2D eigenvalue weighted by molar-refractivity contribution is -0.141. The minimum absolute atomic E-state index is 0.00427. The summed E-state index contributed by atoms with van der Waals surface area (Å²) in [5, 5.41) is 25.3. The number of hydrogen-bond donors (Lipinski definition) is 14. The van der Waals surface area contributed by atoms with Crippen LogP contribution >= 0.6 is 12.6 Å². The first kappa shape index (κ1) is 49.1. The number of nitrogens with one attached hydrogen (secondary N) is 6. The molecule has 19 N–H and O–H groups in total. The normalized spacial score (nSPS) is 13.1. The Balaban J connectivity index is 6.40. The third-order valence-corrected chi connectivity index (χ3v) is 7.74. The Morgan fingerprint density at radius 1 is 0.600 bits per heavy atom. The highest BCUT2D eigenvalue weighted by Crippen LogP contribution is 2.08. The van der Waals surface area contributed by atoms with E-state index in [-0.39, 0.29) is 88.2 Å². The van der Waals surface area contributed by atoms with Crippen LogP contribution in [0.1, 0.15) is 64.7 Å². The number of thiol groups is 1. The molecular formula is C29H56N18O7S. The molecule has 0 spiro atoms. The SMILES string of the molecule is CC(=O)N[C@@H](CCCCNN=[N+]=[N-])C(=O)N[C@H](CCCN=C(N)N)C(=O)N[C@H](CCCN=C(N)N)C(=O)N[C@H](CCCN=C(N)N)C(=O)N[C@H](CS)C(=O)O. The van der Waals surface area contributed by atoms with Crippen LogP contribution in [-0.2, 0) is 28.8 Å². The van der Waals surface area contributed by atoms with E-state index in [1.165, 1.54) is 6.92 Å². The maximum Gasteiger partial charge on any atom is 0.327 e. The molecule has 5 amide bonds. The van der Waals surface area contributed by atoms with E-state index in [1.54, 1.807) is 0 Å². The standard InChI is InChI=1S/C29H56N18O7S/c1-16(48)41-17(7-2-3-14-40-47-46-36)22(49)42-18(8-4-11-37-27(30)31)23(50)43-19(9-5-12-38-28(32)33)24(51)44-20(10-6-13-39-29(34)35)25(52)45-21(15-55)26(53)54/h17-21,40,55H,2-15H2,1H3,(H,41,48)(H,42,49)(H,43,50)(H,44,51)(H,45,52)(H,53,54)(H4,30,31,37)(H4,32,33,38)(H4,34,35,39)/t17-,18+,19+,20+,21+/m0/s1. The number of nitrogens with two attached hydrogens (primary N) is 6. The molecule has 0 rings (SSSR count). The zero-order chi connectivity index (χ0) is 41.8. The topological polar surface area (TPSA) is 437 Å². The largest absolute Gasteiger partial charge is 0.480 e. The highest BCUT2D eigenvalue weighted by Gasteiger charge is 2.32. The van der Waals surface area contributed by atoms with Crippen molar-refractivity contribution in [2.45, 2.75) is 94.9 Å². The van der Waals surface area contributed by atoms with Crippen LogP contribution in [-0.4, -0.2) is 121 Å². The molecule has 0 aliphatic carbocycles. The number of hydrogen-bond acceptors (Lipinski definition) is 11. The van der Waals surface area contributed by atoms with Gasteiger partial charge in [-0.05, 0) is 63.0 Å². The minimum atomic E-state index is -1.37. The number of carboxylic acid groups (broad SMARTS) is 1. The lowest BCUT2D eigenvalue weighted by Crippen LogP contribution is -2.59. The molecule has 0 aromatic carbocycles. The molecule has 0 aliphatic rings. The zero-order valence-electron chi connectivity index (χ0n) is 30.8. The highest BCUT2D eigenvalue weighted by atomic mass is 32.1. The van der Waals surface area contributed by atoms with Crippen LogP contribution in [0.3, 0.4) is 0 Å². The molecule has 310 valence electrons. The number of unbranched alkanes of at least 4 members (excludes halogenated alkanes) is 1. The summed E-state index contributed by atoms with van der Waals surface area (Å²) in [4.78, 5) is 92.0. The first-order valence-corrected chi connectivity index (χ1v) is 17.9. The van der Waals surface area contributed by atoms with Gasteiger partial charge in [0.1, 0.15) is 30.2 Å². The summed E-state index contributed by atoms with van der Waals surface area (Å²) in [6.07, 6.45) is 1.59. The summed E-state index contributed by atoms with van der Waals surface area (Å²) in [5.74, 6) is -5.84. The van der Waals surface area contributed by atoms with Crippen molar-refractivity contribution in [1.82, 2.24) is 32.0 Å². The predicted molar refractivity (Wildman–Crippen MR) is 208 cm³/mol.